The van der Waals surface area contributed by atoms with Crippen molar-refractivity contribution in [3.63, 3.8) is 0 Å². The maximum absolute atomic E-state index is 12.4. The van der Waals surface area contributed by atoms with Crippen LogP contribution in [-0.2, 0) is 4.79 Å². The molecule has 2 rings (SSSR count). The van der Waals surface area contributed by atoms with Crippen LogP contribution < -0.4 is 5.73 Å². The molecule has 4 nitrogen and oxygen atoms in total. The highest BCUT2D eigenvalue weighted by molar-refractivity contribution is 5.78. The van der Waals surface area contributed by atoms with Gasteiger partial charge in [-0.25, -0.2) is 0 Å². The highest BCUT2D eigenvalue weighted by Gasteiger charge is 2.36. The van der Waals surface area contributed by atoms with Crippen LogP contribution in [0.2, 0.25) is 0 Å². The largest absolute Gasteiger partial charge is 0.341 e. The molecule has 0 aliphatic carbocycles. The van der Waals surface area contributed by atoms with Crippen LogP contribution in [0.4, 0.5) is 0 Å². The molecule has 0 spiro atoms. The molecule has 4 heteroatoms. The summed E-state index contributed by atoms with van der Waals surface area (Å²) in [5, 5.41) is 0. The molecule has 2 aliphatic rings. The third-order valence-corrected chi connectivity index (χ3v) is 4.72. The van der Waals surface area contributed by atoms with Crippen LogP contribution in [-0.4, -0.2) is 54.5 Å². The van der Waals surface area contributed by atoms with Gasteiger partial charge in [0, 0.05) is 31.1 Å². The van der Waals surface area contributed by atoms with Crippen molar-refractivity contribution in [2.45, 2.75) is 51.1 Å². The molecule has 2 aliphatic heterocycles. The Morgan fingerprint density at radius 3 is 2.78 bits per heavy atom. The van der Waals surface area contributed by atoms with Crippen molar-refractivity contribution in [3.05, 3.63) is 0 Å². The minimum absolute atomic E-state index is 0.135. The number of fused-ring (bicyclic) bond motifs is 2. The Hall–Kier alpha value is -0.610. The standard InChI is InChI=1S/C14H27N3O/c1-11(4-3-8-15)14(18)17-9-7-12-5-6-13(10-17)16(12)2/h11-13H,3-10,15H2,1-2H3. The lowest BCUT2D eigenvalue weighted by atomic mass is 10.0. The summed E-state index contributed by atoms with van der Waals surface area (Å²) in [4.78, 5) is 17.0. The molecule has 0 aromatic carbocycles. The molecule has 2 bridgehead atoms. The fourth-order valence-electron chi connectivity index (χ4n) is 3.37. The molecule has 1 amide bonds. The van der Waals surface area contributed by atoms with Crippen molar-refractivity contribution in [2.75, 3.05) is 26.7 Å². The summed E-state index contributed by atoms with van der Waals surface area (Å²) in [6, 6.07) is 1.29. The molecule has 0 aromatic rings. The molecule has 104 valence electrons. The summed E-state index contributed by atoms with van der Waals surface area (Å²) < 4.78 is 0. The SMILES string of the molecule is CC(CCCN)C(=O)N1CCC2CCC(C1)N2C. The predicted molar refractivity (Wildman–Crippen MR) is 73.2 cm³/mol. The van der Waals surface area contributed by atoms with Gasteiger partial charge < -0.3 is 10.6 Å². The zero-order chi connectivity index (χ0) is 13.1. The number of likely N-dealkylation sites (tertiary alicyclic amines) is 1. The first-order valence-electron chi connectivity index (χ1n) is 7.34. The predicted octanol–water partition coefficient (Wildman–Crippen LogP) is 1.06. The number of amides is 1. The quantitative estimate of drug-likeness (QED) is 0.815. The van der Waals surface area contributed by atoms with Crippen LogP contribution in [0.15, 0.2) is 0 Å². The molecular weight excluding hydrogens is 226 g/mol. The third kappa shape index (κ3) is 2.86. The second kappa shape index (κ2) is 6.02. The maximum Gasteiger partial charge on any atom is 0.225 e. The van der Waals surface area contributed by atoms with Crippen LogP contribution >= 0.6 is 0 Å². The van der Waals surface area contributed by atoms with Gasteiger partial charge in [-0.15, -0.1) is 0 Å². The molecule has 2 fully saturated rings. The van der Waals surface area contributed by atoms with Crippen molar-refractivity contribution >= 4 is 5.91 Å². The van der Waals surface area contributed by atoms with E-state index >= 15 is 0 Å². The minimum Gasteiger partial charge on any atom is -0.341 e. The number of hydrogen-bond acceptors (Lipinski definition) is 3. The number of nitrogens with two attached hydrogens (primary N) is 1. The average molecular weight is 253 g/mol. The molecule has 0 saturated carbocycles. The van der Waals surface area contributed by atoms with Crippen LogP contribution in [0.1, 0.15) is 39.0 Å². The van der Waals surface area contributed by atoms with Crippen molar-refractivity contribution in [1.82, 2.24) is 9.80 Å². The van der Waals surface area contributed by atoms with E-state index in [-0.39, 0.29) is 5.92 Å². The summed E-state index contributed by atoms with van der Waals surface area (Å²) in [6.07, 6.45) is 5.58. The van der Waals surface area contributed by atoms with Crippen molar-refractivity contribution in [2.24, 2.45) is 11.7 Å². The van der Waals surface area contributed by atoms with E-state index in [1.807, 2.05) is 6.92 Å². The van der Waals surface area contributed by atoms with Gasteiger partial charge in [-0.1, -0.05) is 6.92 Å². The Balaban J connectivity index is 1.91. The summed E-state index contributed by atoms with van der Waals surface area (Å²) in [5.41, 5.74) is 5.52. The molecule has 2 saturated heterocycles. The van der Waals surface area contributed by atoms with E-state index in [0.29, 0.717) is 24.5 Å². The lowest BCUT2D eigenvalue weighted by Gasteiger charge is -2.28. The van der Waals surface area contributed by atoms with Gasteiger partial charge in [-0.2, -0.15) is 0 Å². The number of carbonyl (C=O) groups excluding carboxylic acids is 1. The highest BCUT2D eigenvalue weighted by Crippen LogP contribution is 2.29. The van der Waals surface area contributed by atoms with E-state index in [4.69, 9.17) is 5.73 Å². The van der Waals surface area contributed by atoms with Crippen molar-refractivity contribution in [1.29, 1.82) is 0 Å². The van der Waals surface area contributed by atoms with Gasteiger partial charge in [-0.3, -0.25) is 9.69 Å². The monoisotopic (exact) mass is 253 g/mol. The molecule has 3 unspecified atom stereocenters. The molecule has 18 heavy (non-hydrogen) atoms. The van der Waals surface area contributed by atoms with E-state index in [2.05, 4.69) is 16.8 Å². The van der Waals surface area contributed by atoms with Gasteiger partial charge in [0.25, 0.3) is 0 Å². The fraction of sp³-hybridized carbons (Fsp3) is 0.929. The number of carbonyl (C=O) groups is 1. The summed E-state index contributed by atoms with van der Waals surface area (Å²) >= 11 is 0. The lowest BCUT2D eigenvalue weighted by Crippen LogP contribution is -2.42. The summed E-state index contributed by atoms with van der Waals surface area (Å²) in [5.74, 6) is 0.472. The van der Waals surface area contributed by atoms with E-state index in [0.717, 1.165) is 32.4 Å². The Bertz CT molecular complexity index is 295. The zero-order valence-electron chi connectivity index (χ0n) is 11.8. The molecule has 3 atom stereocenters. The Labute approximate surface area is 110 Å². The molecule has 0 radical (unpaired) electrons. The number of hydrogen-bond donors (Lipinski definition) is 1. The number of rotatable bonds is 4. The van der Waals surface area contributed by atoms with E-state index in [1.165, 1.54) is 12.8 Å². The Kier molecular flexibility index (Phi) is 4.62. The first-order valence-corrected chi connectivity index (χ1v) is 7.34. The summed E-state index contributed by atoms with van der Waals surface area (Å²) in [7, 11) is 2.22. The van der Waals surface area contributed by atoms with Gasteiger partial charge in [0.1, 0.15) is 0 Å². The van der Waals surface area contributed by atoms with Crippen LogP contribution in [0.5, 0.6) is 0 Å². The maximum atomic E-state index is 12.4. The van der Waals surface area contributed by atoms with Gasteiger partial charge in [0.2, 0.25) is 5.91 Å². The summed E-state index contributed by atoms with van der Waals surface area (Å²) in [6.45, 7) is 4.60. The second-order valence-electron chi connectivity index (χ2n) is 5.96. The van der Waals surface area contributed by atoms with Gasteiger partial charge in [0.15, 0.2) is 0 Å². The smallest absolute Gasteiger partial charge is 0.225 e. The Morgan fingerprint density at radius 1 is 1.33 bits per heavy atom. The minimum atomic E-state index is 0.135. The lowest BCUT2D eigenvalue weighted by molar-refractivity contribution is -0.135. The molecule has 0 aromatic heterocycles. The average Bonchev–Trinajstić information content (AvgIpc) is 2.59. The van der Waals surface area contributed by atoms with Crippen molar-refractivity contribution in [3.8, 4) is 0 Å². The van der Waals surface area contributed by atoms with Crippen LogP contribution in [0.3, 0.4) is 0 Å². The highest BCUT2D eigenvalue weighted by atomic mass is 16.2. The van der Waals surface area contributed by atoms with Gasteiger partial charge in [-0.05, 0) is 45.7 Å². The molecule has 2 heterocycles. The van der Waals surface area contributed by atoms with Gasteiger partial charge >= 0.3 is 0 Å². The number of likely N-dealkylation sites (N-methyl/N-ethyl adjacent to an activating group) is 1. The van der Waals surface area contributed by atoms with Gasteiger partial charge in [0.05, 0.1) is 0 Å². The Morgan fingerprint density at radius 2 is 2.06 bits per heavy atom. The second-order valence-corrected chi connectivity index (χ2v) is 5.96. The van der Waals surface area contributed by atoms with E-state index in [9.17, 15) is 4.79 Å². The third-order valence-electron chi connectivity index (χ3n) is 4.72. The first kappa shape index (κ1) is 13.8. The fourth-order valence-corrected chi connectivity index (χ4v) is 3.37. The topological polar surface area (TPSA) is 49.6 Å². The van der Waals surface area contributed by atoms with Crippen LogP contribution in [0.25, 0.3) is 0 Å². The van der Waals surface area contributed by atoms with Crippen molar-refractivity contribution < 1.29 is 4.79 Å². The normalized spacial score (nSPS) is 30.3. The molecular formula is C14H27N3O. The first-order chi connectivity index (χ1) is 8.63. The van der Waals surface area contributed by atoms with E-state index in [1.54, 1.807) is 0 Å². The number of nitrogens with zero attached hydrogens (tertiary/aromatic N) is 2. The van der Waals surface area contributed by atoms with E-state index < -0.39 is 0 Å². The zero-order valence-corrected chi connectivity index (χ0v) is 11.8. The van der Waals surface area contributed by atoms with Crippen LogP contribution in [0, 0.1) is 5.92 Å². The molecule has 2 N–H and O–H groups in total.